The van der Waals surface area contributed by atoms with Gasteiger partial charge in [0.2, 0.25) is 11.4 Å². The minimum absolute atomic E-state index is 0.00276. The second-order valence-corrected chi connectivity index (χ2v) is 11.8. The zero-order chi connectivity index (χ0) is 28.3. The number of pyridine rings is 1. The topological polar surface area (TPSA) is 38.1 Å². The Hall–Kier alpha value is -4.06. The van der Waals surface area contributed by atoms with Crippen molar-refractivity contribution in [1.82, 2.24) is 9.55 Å². The number of aromatic nitrogens is 3. The van der Waals surface area contributed by atoms with Crippen LogP contribution in [-0.2, 0) is 7.05 Å². The number of fused-ring (bicyclic) bond motifs is 3. The van der Waals surface area contributed by atoms with Crippen molar-refractivity contribution in [2.24, 2.45) is 7.05 Å². The highest BCUT2D eigenvalue weighted by molar-refractivity contribution is 6.82. The van der Waals surface area contributed by atoms with Crippen molar-refractivity contribution in [3.05, 3.63) is 94.8 Å². The van der Waals surface area contributed by atoms with E-state index in [4.69, 9.17) is 4.42 Å². The first-order valence-electron chi connectivity index (χ1n) is 14.3. The smallest absolute Gasteiger partial charge is 0.423 e. The average molecular weight is 530 g/mol. The van der Waals surface area contributed by atoms with Gasteiger partial charge < -0.3 is 9.23 Å². The Morgan fingerprint density at radius 2 is 1.57 bits per heavy atom. The van der Waals surface area contributed by atoms with Gasteiger partial charge in [-0.3, -0.25) is 0 Å². The molecule has 0 unspecified atom stereocenters. The quantitative estimate of drug-likeness (QED) is 0.183. The summed E-state index contributed by atoms with van der Waals surface area (Å²) in [5.41, 5.74) is 11.8. The van der Waals surface area contributed by atoms with Gasteiger partial charge in [0.1, 0.15) is 18.1 Å². The fourth-order valence-corrected chi connectivity index (χ4v) is 6.22. The van der Waals surface area contributed by atoms with Crippen LogP contribution in [0, 0.1) is 6.92 Å². The Kier molecular flexibility index (Phi) is 6.45. The molecule has 1 aliphatic heterocycles. The summed E-state index contributed by atoms with van der Waals surface area (Å²) in [6.45, 7) is 13.4. The second-order valence-electron chi connectivity index (χ2n) is 11.8. The van der Waals surface area contributed by atoms with Crippen LogP contribution in [0.3, 0.4) is 0 Å². The van der Waals surface area contributed by atoms with Gasteiger partial charge in [-0.25, -0.2) is 14.1 Å². The van der Waals surface area contributed by atoms with E-state index in [1.807, 2.05) is 6.92 Å². The molecule has 0 aliphatic carbocycles. The Morgan fingerprint density at radius 3 is 2.23 bits per heavy atom. The van der Waals surface area contributed by atoms with Crippen LogP contribution >= 0.6 is 0 Å². The van der Waals surface area contributed by atoms with Gasteiger partial charge in [-0.15, -0.1) is 0 Å². The molecule has 6 rings (SSSR count). The highest BCUT2D eigenvalue weighted by Crippen LogP contribution is 2.39. The summed E-state index contributed by atoms with van der Waals surface area (Å²) in [5.74, 6) is 1.58. The first kappa shape index (κ1) is 26.2. The lowest BCUT2D eigenvalue weighted by molar-refractivity contribution is -0.653. The first-order valence-corrected chi connectivity index (χ1v) is 14.3. The van der Waals surface area contributed by atoms with Crippen molar-refractivity contribution in [3.8, 4) is 16.8 Å². The van der Waals surface area contributed by atoms with Crippen molar-refractivity contribution < 1.29 is 8.98 Å². The molecule has 0 radical (unpaired) electrons. The number of furan rings is 1. The molecule has 2 aromatic carbocycles. The SMILES string of the molecule is CC1=Cc2c(oc3nc(C)ccc23)N(C)B1c1n(-c2c(C(C)C)cc(-c3ccccc3)cc2C(C)C)cc[n+]1C. The minimum Gasteiger partial charge on any atom is -0.423 e. The normalized spacial score (nSPS) is 13.5. The lowest BCUT2D eigenvalue weighted by Crippen LogP contribution is -2.63. The fraction of sp³-hybridized carbons (Fsp3) is 0.294. The van der Waals surface area contributed by atoms with E-state index in [1.165, 1.54) is 39.1 Å². The molecule has 4 heterocycles. The molecule has 0 atom stereocenters. The average Bonchev–Trinajstić information content (AvgIpc) is 3.48. The van der Waals surface area contributed by atoms with E-state index in [-0.39, 0.29) is 6.85 Å². The molecule has 0 saturated heterocycles. The van der Waals surface area contributed by atoms with Crippen LogP contribution in [0.25, 0.3) is 34.0 Å². The van der Waals surface area contributed by atoms with E-state index in [2.05, 4.69) is 141 Å². The molecular weight excluding hydrogens is 491 g/mol. The molecule has 0 spiro atoms. The summed E-state index contributed by atoms with van der Waals surface area (Å²) in [7, 11) is 4.28. The highest BCUT2D eigenvalue weighted by Gasteiger charge is 2.43. The van der Waals surface area contributed by atoms with Crippen LogP contribution in [0.2, 0.25) is 0 Å². The number of hydrogen-bond acceptors (Lipinski definition) is 3. The zero-order valence-electron chi connectivity index (χ0n) is 24.9. The van der Waals surface area contributed by atoms with Crippen LogP contribution < -0.4 is 15.1 Å². The number of anilines is 1. The number of benzene rings is 2. The van der Waals surface area contributed by atoms with Gasteiger partial charge in [-0.05, 0) is 68.1 Å². The Balaban J connectivity index is 1.56. The third-order valence-corrected chi connectivity index (χ3v) is 8.28. The van der Waals surface area contributed by atoms with Gasteiger partial charge in [-0.2, -0.15) is 0 Å². The summed E-state index contributed by atoms with van der Waals surface area (Å²) in [4.78, 5) is 6.95. The van der Waals surface area contributed by atoms with Crippen molar-refractivity contribution >= 4 is 35.6 Å². The lowest BCUT2D eigenvalue weighted by atomic mass is 9.51. The predicted octanol–water partition coefficient (Wildman–Crippen LogP) is 6.96. The molecule has 0 bridgehead atoms. The molecule has 202 valence electrons. The number of imidazole rings is 1. The van der Waals surface area contributed by atoms with Crippen LogP contribution in [0.5, 0.6) is 0 Å². The van der Waals surface area contributed by atoms with E-state index in [9.17, 15) is 0 Å². The van der Waals surface area contributed by atoms with Crippen LogP contribution in [-0.4, -0.2) is 23.4 Å². The molecule has 5 nitrogen and oxygen atoms in total. The third kappa shape index (κ3) is 4.17. The van der Waals surface area contributed by atoms with E-state index in [0.29, 0.717) is 17.5 Å². The second kappa shape index (κ2) is 9.85. The van der Waals surface area contributed by atoms with E-state index < -0.39 is 0 Å². The number of aryl methyl sites for hydroxylation is 2. The molecule has 0 saturated carbocycles. The number of rotatable bonds is 5. The number of nitrogens with zero attached hydrogens (tertiary/aromatic N) is 4. The van der Waals surface area contributed by atoms with Gasteiger partial charge in [0.25, 0.3) is 0 Å². The van der Waals surface area contributed by atoms with Gasteiger partial charge in [0, 0.05) is 27.8 Å². The van der Waals surface area contributed by atoms with Crippen LogP contribution in [0.15, 0.2) is 76.9 Å². The summed E-state index contributed by atoms with van der Waals surface area (Å²) in [6, 6.07) is 19.7. The molecule has 6 heteroatoms. The van der Waals surface area contributed by atoms with Crippen molar-refractivity contribution in [1.29, 1.82) is 0 Å². The predicted molar refractivity (Wildman–Crippen MR) is 167 cm³/mol. The summed E-state index contributed by atoms with van der Waals surface area (Å²) >= 11 is 0. The molecule has 0 amide bonds. The standard InChI is InChI=1S/C34H38BN4O/c1-21(2)28-19-26(25-12-10-9-11-13-25)20-29(22(3)4)31(28)39-17-16-37(7)34(39)35-23(5)18-30-27-15-14-24(6)36-32(27)40-33(30)38(35)8/h9-22H,1-8H3/q+1. The molecule has 1 aliphatic rings. The highest BCUT2D eigenvalue weighted by atomic mass is 16.4. The largest absolute Gasteiger partial charge is 0.426 e. The Morgan fingerprint density at radius 1 is 0.900 bits per heavy atom. The van der Waals surface area contributed by atoms with Gasteiger partial charge in [0.05, 0.1) is 7.05 Å². The Labute approximate surface area is 237 Å². The monoisotopic (exact) mass is 529 g/mol. The van der Waals surface area contributed by atoms with E-state index in [0.717, 1.165) is 22.5 Å². The zero-order valence-corrected chi connectivity index (χ0v) is 24.9. The number of hydrogen-bond donors (Lipinski definition) is 0. The molecule has 3 aromatic heterocycles. The Bertz CT molecular complexity index is 1730. The fourth-order valence-electron chi connectivity index (χ4n) is 6.22. The summed E-state index contributed by atoms with van der Waals surface area (Å²) < 4.78 is 11.1. The van der Waals surface area contributed by atoms with Crippen molar-refractivity contribution in [3.63, 3.8) is 0 Å². The van der Waals surface area contributed by atoms with Gasteiger partial charge in [0.15, 0.2) is 5.88 Å². The van der Waals surface area contributed by atoms with Crippen LogP contribution in [0.1, 0.15) is 68.8 Å². The maximum absolute atomic E-state index is 6.39. The van der Waals surface area contributed by atoms with Gasteiger partial charge in [-0.1, -0.05) is 69.6 Å². The van der Waals surface area contributed by atoms with Gasteiger partial charge >= 0.3 is 6.85 Å². The van der Waals surface area contributed by atoms with E-state index >= 15 is 0 Å². The molecular formula is C34H38BN4O+. The summed E-state index contributed by atoms with van der Waals surface area (Å²) in [6.07, 6.45) is 6.69. The number of allylic oxidation sites excluding steroid dienone is 1. The molecule has 40 heavy (non-hydrogen) atoms. The van der Waals surface area contributed by atoms with Crippen LogP contribution in [0.4, 0.5) is 5.88 Å². The lowest BCUT2D eigenvalue weighted by Gasteiger charge is -2.28. The first-order chi connectivity index (χ1) is 19.2. The summed E-state index contributed by atoms with van der Waals surface area (Å²) in [5, 5.41) is 1.06. The molecule has 0 fully saturated rings. The third-order valence-electron chi connectivity index (χ3n) is 8.28. The molecule has 5 aromatic rings. The maximum Gasteiger partial charge on any atom is 0.426 e. The van der Waals surface area contributed by atoms with E-state index in [1.54, 1.807) is 0 Å². The minimum atomic E-state index is 0.00276. The van der Waals surface area contributed by atoms with Crippen molar-refractivity contribution in [2.75, 3.05) is 11.9 Å². The van der Waals surface area contributed by atoms with Crippen molar-refractivity contribution in [2.45, 2.75) is 53.4 Å². The maximum atomic E-state index is 6.39. The molecule has 0 N–H and O–H groups in total.